The van der Waals surface area contributed by atoms with Crippen molar-refractivity contribution < 1.29 is 23.9 Å². The highest BCUT2D eigenvalue weighted by molar-refractivity contribution is 6.07. The highest BCUT2D eigenvalue weighted by Crippen LogP contribution is 2.34. The Bertz CT molecular complexity index is 788. The third-order valence-corrected chi connectivity index (χ3v) is 5.30. The molecule has 9 nitrogen and oxygen atoms in total. The van der Waals surface area contributed by atoms with Crippen molar-refractivity contribution in [2.45, 2.75) is 25.3 Å². The highest BCUT2D eigenvalue weighted by Gasteiger charge is 2.51. The van der Waals surface area contributed by atoms with Crippen molar-refractivity contribution >= 4 is 23.5 Å². The number of nitrogens with one attached hydrogen (secondary N) is 2. The second kappa shape index (κ2) is 6.73. The molecule has 4 amide bonds. The molecule has 2 N–H and O–H groups in total. The maximum Gasteiger partial charge on any atom is 0.325 e. The van der Waals surface area contributed by atoms with Gasteiger partial charge in [0.2, 0.25) is 12.7 Å². The van der Waals surface area contributed by atoms with E-state index in [0.29, 0.717) is 49.7 Å². The molecule has 4 rings (SSSR count). The van der Waals surface area contributed by atoms with E-state index in [4.69, 9.17) is 9.47 Å². The summed E-state index contributed by atoms with van der Waals surface area (Å²) in [5.74, 6) is 0.989. The largest absolute Gasteiger partial charge is 0.454 e. The number of fused-ring (bicyclic) bond motifs is 1. The Labute approximate surface area is 156 Å². The summed E-state index contributed by atoms with van der Waals surface area (Å²) in [6, 6.07) is 4.94. The van der Waals surface area contributed by atoms with E-state index in [1.807, 2.05) is 4.90 Å². The van der Waals surface area contributed by atoms with Gasteiger partial charge in [-0.1, -0.05) is 0 Å². The lowest BCUT2D eigenvalue weighted by Gasteiger charge is -2.36. The molecule has 3 aliphatic rings. The van der Waals surface area contributed by atoms with Gasteiger partial charge in [-0.05, 0) is 31.9 Å². The van der Waals surface area contributed by atoms with Crippen LogP contribution in [-0.2, 0) is 9.59 Å². The Hall–Kier alpha value is -2.81. The molecule has 3 heterocycles. The van der Waals surface area contributed by atoms with Crippen LogP contribution in [0.15, 0.2) is 18.2 Å². The Balaban J connectivity index is 1.31. The smallest absolute Gasteiger partial charge is 0.325 e. The van der Waals surface area contributed by atoms with Crippen molar-refractivity contribution in [2.75, 3.05) is 38.3 Å². The second-order valence-corrected chi connectivity index (χ2v) is 6.95. The highest BCUT2D eigenvalue weighted by atomic mass is 16.7. The minimum Gasteiger partial charge on any atom is -0.454 e. The molecule has 1 spiro atoms. The van der Waals surface area contributed by atoms with Crippen LogP contribution < -0.4 is 20.1 Å². The third-order valence-electron chi connectivity index (χ3n) is 5.30. The van der Waals surface area contributed by atoms with E-state index in [1.54, 1.807) is 25.1 Å². The van der Waals surface area contributed by atoms with Crippen LogP contribution in [0.1, 0.15) is 19.8 Å². The number of amides is 4. The Kier molecular flexibility index (Phi) is 4.39. The molecule has 1 aromatic carbocycles. The molecule has 1 aromatic rings. The van der Waals surface area contributed by atoms with Crippen LogP contribution in [0, 0.1) is 0 Å². The van der Waals surface area contributed by atoms with Crippen LogP contribution in [0.3, 0.4) is 0 Å². The van der Waals surface area contributed by atoms with Crippen molar-refractivity contribution in [1.29, 1.82) is 0 Å². The van der Waals surface area contributed by atoms with Gasteiger partial charge in [0, 0.05) is 31.4 Å². The van der Waals surface area contributed by atoms with Crippen LogP contribution in [0.5, 0.6) is 11.5 Å². The van der Waals surface area contributed by atoms with Gasteiger partial charge in [-0.15, -0.1) is 0 Å². The molecule has 27 heavy (non-hydrogen) atoms. The first-order valence-electron chi connectivity index (χ1n) is 9.07. The average Bonchev–Trinajstić information content (AvgIpc) is 3.19. The van der Waals surface area contributed by atoms with E-state index < -0.39 is 5.54 Å². The summed E-state index contributed by atoms with van der Waals surface area (Å²) in [7, 11) is 0. The molecule has 0 atom stereocenters. The first-order chi connectivity index (χ1) is 13.0. The van der Waals surface area contributed by atoms with Crippen LogP contribution in [0.2, 0.25) is 0 Å². The average molecular weight is 374 g/mol. The van der Waals surface area contributed by atoms with Crippen LogP contribution in [0.4, 0.5) is 10.5 Å². The van der Waals surface area contributed by atoms with Crippen LogP contribution in [0.25, 0.3) is 0 Å². The first kappa shape index (κ1) is 17.6. The Morgan fingerprint density at radius 1 is 1.22 bits per heavy atom. The summed E-state index contributed by atoms with van der Waals surface area (Å²) in [6.07, 6.45) is 1.01. The summed E-state index contributed by atoms with van der Waals surface area (Å²) in [5, 5.41) is 5.69. The van der Waals surface area contributed by atoms with Crippen molar-refractivity contribution in [1.82, 2.24) is 15.1 Å². The fraction of sp³-hybridized carbons (Fsp3) is 0.500. The van der Waals surface area contributed by atoms with Gasteiger partial charge in [0.05, 0.1) is 6.54 Å². The number of anilines is 1. The van der Waals surface area contributed by atoms with Crippen molar-refractivity contribution in [3.8, 4) is 11.5 Å². The predicted octanol–water partition coefficient (Wildman–Crippen LogP) is 0.760. The number of likely N-dealkylation sites (tertiary alicyclic amines) is 1. The number of piperidine rings is 1. The number of carbonyl (C=O) groups is 3. The lowest BCUT2D eigenvalue weighted by molar-refractivity contribution is -0.132. The van der Waals surface area contributed by atoms with Gasteiger partial charge in [-0.3, -0.25) is 19.4 Å². The summed E-state index contributed by atoms with van der Waals surface area (Å²) in [6.45, 7) is 3.70. The summed E-state index contributed by atoms with van der Waals surface area (Å²) in [4.78, 5) is 40.0. The number of ether oxygens (including phenoxy) is 2. The van der Waals surface area contributed by atoms with E-state index >= 15 is 0 Å². The number of likely N-dealkylation sites (N-methyl/N-ethyl adjacent to an activating group) is 1. The van der Waals surface area contributed by atoms with Crippen molar-refractivity contribution in [3.63, 3.8) is 0 Å². The first-order valence-corrected chi connectivity index (χ1v) is 9.07. The number of carbonyl (C=O) groups excluding carboxylic acids is 3. The summed E-state index contributed by atoms with van der Waals surface area (Å²) >= 11 is 0. The molecule has 2 saturated heterocycles. The van der Waals surface area contributed by atoms with E-state index in [9.17, 15) is 14.4 Å². The molecular formula is C18H22N4O5. The minimum absolute atomic E-state index is 0.137. The van der Waals surface area contributed by atoms with Gasteiger partial charge in [-0.25, -0.2) is 4.79 Å². The molecule has 9 heteroatoms. The van der Waals surface area contributed by atoms with Gasteiger partial charge >= 0.3 is 6.03 Å². The Morgan fingerprint density at radius 2 is 1.96 bits per heavy atom. The lowest BCUT2D eigenvalue weighted by Crippen LogP contribution is -2.55. The molecule has 0 bridgehead atoms. The van der Waals surface area contributed by atoms with E-state index in [-0.39, 0.29) is 31.2 Å². The fourth-order valence-electron chi connectivity index (χ4n) is 3.77. The molecule has 3 aliphatic heterocycles. The lowest BCUT2D eigenvalue weighted by atomic mass is 9.87. The normalized spacial score (nSPS) is 20.9. The van der Waals surface area contributed by atoms with Gasteiger partial charge in [0.1, 0.15) is 5.54 Å². The number of urea groups is 1. The van der Waals surface area contributed by atoms with E-state index in [2.05, 4.69) is 10.6 Å². The molecule has 2 fully saturated rings. The zero-order valence-electron chi connectivity index (χ0n) is 15.1. The molecule has 0 aliphatic carbocycles. The number of rotatable bonds is 4. The SMILES string of the molecule is CCN1C(=O)NC2(CCN(CC(=O)Nc3ccc4c(c3)OCO4)CC2)C1=O. The molecule has 0 unspecified atom stereocenters. The van der Waals surface area contributed by atoms with Gasteiger partial charge < -0.3 is 20.1 Å². The maximum absolute atomic E-state index is 12.5. The van der Waals surface area contributed by atoms with E-state index in [0.717, 1.165) is 0 Å². The second-order valence-electron chi connectivity index (χ2n) is 6.95. The molecule has 0 aromatic heterocycles. The van der Waals surface area contributed by atoms with Crippen LogP contribution >= 0.6 is 0 Å². The number of hydrogen-bond donors (Lipinski definition) is 2. The Morgan fingerprint density at radius 3 is 2.67 bits per heavy atom. The van der Waals surface area contributed by atoms with Crippen molar-refractivity contribution in [3.05, 3.63) is 18.2 Å². The standard InChI is InChI=1S/C18H22N4O5/c1-2-22-16(24)18(20-17(22)25)5-7-21(8-6-18)10-15(23)19-12-3-4-13-14(9-12)27-11-26-13/h3-4,9H,2,5-8,10-11H2,1H3,(H,19,23)(H,20,25). The third kappa shape index (κ3) is 3.18. The monoisotopic (exact) mass is 374 g/mol. The predicted molar refractivity (Wildman–Crippen MR) is 95.5 cm³/mol. The topological polar surface area (TPSA) is 100 Å². The summed E-state index contributed by atoms with van der Waals surface area (Å²) < 4.78 is 10.6. The zero-order valence-corrected chi connectivity index (χ0v) is 15.1. The number of imide groups is 1. The molecule has 0 saturated carbocycles. The number of benzene rings is 1. The van der Waals surface area contributed by atoms with E-state index in [1.165, 1.54) is 4.90 Å². The van der Waals surface area contributed by atoms with Gasteiger partial charge in [-0.2, -0.15) is 0 Å². The van der Waals surface area contributed by atoms with Gasteiger partial charge in [0.25, 0.3) is 5.91 Å². The minimum atomic E-state index is -0.808. The maximum atomic E-state index is 12.5. The summed E-state index contributed by atoms with van der Waals surface area (Å²) in [5.41, 5.74) is -0.160. The fourth-order valence-corrected chi connectivity index (χ4v) is 3.77. The molecule has 0 radical (unpaired) electrons. The zero-order chi connectivity index (χ0) is 19.0. The van der Waals surface area contributed by atoms with Gasteiger partial charge in [0.15, 0.2) is 11.5 Å². The quantitative estimate of drug-likeness (QED) is 0.755. The molecule has 144 valence electrons. The number of hydrogen-bond acceptors (Lipinski definition) is 6. The van der Waals surface area contributed by atoms with Crippen LogP contribution in [-0.4, -0.2) is 66.2 Å². The number of nitrogens with zero attached hydrogens (tertiary/aromatic N) is 2. The van der Waals surface area contributed by atoms with Crippen molar-refractivity contribution in [2.24, 2.45) is 0 Å². The molecular weight excluding hydrogens is 352 g/mol.